The van der Waals surface area contributed by atoms with E-state index < -0.39 is 0 Å². The van der Waals surface area contributed by atoms with Crippen molar-refractivity contribution < 1.29 is 9.59 Å². The molecule has 2 aromatic heterocycles. The number of benzene rings is 1. The van der Waals surface area contributed by atoms with E-state index in [1.807, 2.05) is 10.6 Å². The van der Waals surface area contributed by atoms with Gasteiger partial charge in [-0.3, -0.25) is 9.59 Å². The van der Waals surface area contributed by atoms with Crippen LogP contribution in [0.1, 0.15) is 22.5 Å². The van der Waals surface area contributed by atoms with Crippen molar-refractivity contribution >= 4 is 23.2 Å². The maximum atomic E-state index is 12.2. The molecule has 130 valence electrons. The molecule has 3 aromatic rings. The Balaban J connectivity index is 1.58. The summed E-state index contributed by atoms with van der Waals surface area (Å²) in [5.74, 6) is -0.500. The fourth-order valence-electron chi connectivity index (χ4n) is 2.34. The number of nitrogens with one attached hydrogen (secondary N) is 3. The highest BCUT2D eigenvalue weighted by Gasteiger charge is 2.10. The Morgan fingerprint density at radius 2 is 2.04 bits per heavy atom. The van der Waals surface area contributed by atoms with E-state index in [-0.39, 0.29) is 17.5 Å². The van der Waals surface area contributed by atoms with Crippen molar-refractivity contribution in [2.75, 3.05) is 10.6 Å². The predicted molar refractivity (Wildman–Crippen MR) is 95.4 cm³/mol. The molecule has 0 bridgehead atoms. The van der Waals surface area contributed by atoms with Gasteiger partial charge in [0.2, 0.25) is 5.91 Å². The number of nitriles is 1. The molecule has 0 aliphatic carbocycles. The number of aromatic nitrogens is 3. The molecule has 2 heterocycles. The maximum Gasteiger partial charge on any atom is 0.272 e. The third-order valence-corrected chi connectivity index (χ3v) is 3.62. The fraction of sp³-hybridized carbons (Fsp3) is 0.111. The third-order valence-electron chi connectivity index (χ3n) is 3.62. The number of amides is 2. The van der Waals surface area contributed by atoms with E-state index in [0.29, 0.717) is 29.9 Å². The average Bonchev–Trinajstić information content (AvgIpc) is 3.32. The van der Waals surface area contributed by atoms with E-state index in [2.05, 4.69) is 20.6 Å². The Hall–Kier alpha value is -3.86. The fourth-order valence-corrected chi connectivity index (χ4v) is 2.34. The number of carbonyl (C=O) groups excluding carboxylic acids is 2. The third kappa shape index (κ3) is 4.36. The number of imidazole rings is 1. The van der Waals surface area contributed by atoms with Gasteiger partial charge < -0.3 is 20.2 Å². The maximum absolute atomic E-state index is 12.2. The number of rotatable bonds is 6. The second-order valence-electron chi connectivity index (χ2n) is 5.55. The summed E-state index contributed by atoms with van der Waals surface area (Å²) < 4.78 is 1.82. The van der Waals surface area contributed by atoms with Gasteiger partial charge in [0.15, 0.2) is 0 Å². The Kier molecular flexibility index (Phi) is 5.10. The Labute approximate surface area is 149 Å². The molecule has 1 aromatic carbocycles. The number of hydrogen-bond donors (Lipinski definition) is 3. The first-order chi connectivity index (χ1) is 12.6. The van der Waals surface area contributed by atoms with Crippen molar-refractivity contribution in [2.24, 2.45) is 0 Å². The van der Waals surface area contributed by atoms with Crippen molar-refractivity contribution in [1.29, 1.82) is 5.26 Å². The lowest BCUT2D eigenvalue weighted by atomic mass is 10.2. The topological polar surface area (TPSA) is 116 Å². The van der Waals surface area contributed by atoms with E-state index in [1.54, 1.807) is 43.0 Å². The first kappa shape index (κ1) is 17.0. The van der Waals surface area contributed by atoms with Crippen LogP contribution in [0.15, 0.2) is 55.2 Å². The largest absolute Gasteiger partial charge is 0.356 e. The molecule has 0 aliphatic rings. The van der Waals surface area contributed by atoms with Gasteiger partial charge in [0.25, 0.3) is 5.91 Å². The zero-order valence-electron chi connectivity index (χ0n) is 13.8. The van der Waals surface area contributed by atoms with Crippen molar-refractivity contribution in [3.8, 4) is 6.07 Å². The molecule has 2 amide bonds. The van der Waals surface area contributed by atoms with Crippen LogP contribution in [-0.2, 0) is 11.3 Å². The van der Waals surface area contributed by atoms with Crippen molar-refractivity contribution in [2.45, 2.75) is 13.0 Å². The van der Waals surface area contributed by atoms with Crippen LogP contribution in [0.4, 0.5) is 11.4 Å². The molecule has 0 saturated carbocycles. The van der Waals surface area contributed by atoms with Gasteiger partial charge in [-0.15, -0.1) is 0 Å². The van der Waals surface area contributed by atoms with E-state index >= 15 is 0 Å². The van der Waals surface area contributed by atoms with Crippen molar-refractivity contribution in [3.63, 3.8) is 0 Å². The predicted octanol–water partition coefficient (Wildman–Crippen LogP) is 2.36. The number of aryl methyl sites for hydroxylation is 1. The van der Waals surface area contributed by atoms with Crippen LogP contribution in [0, 0.1) is 11.3 Å². The molecule has 0 aliphatic heterocycles. The summed E-state index contributed by atoms with van der Waals surface area (Å²) in [6, 6.07) is 10.3. The Morgan fingerprint density at radius 3 is 2.73 bits per heavy atom. The van der Waals surface area contributed by atoms with E-state index in [0.717, 1.165) is 0 Å². The minimum Gasteiger partial charge on any atom is -0.356 e. The van der Waals surface area contributed by atoms with Gasteiger partial charge in [-0.2, -0.15) is 5.26 Å². The van der Waals surface area contributed by atoms with Gasteiger partial charge in [-0.25, -0.2) is 4.98 Å². The summed E-state index contributed by atoms with van der Waals surface area (Å²) in [5, 5.41) is 14.3. The summed E-state index contributed by atoms with van der Waals surface area (Å²) in [5.41, 5.74) is 1.79. The highest BCUT2D eigenvalue weighted by molar-refractivity contribution is 6.03. The molecule has 26 heavy (non-hydrogen) atoms. The van der Waals surface area contributed by atoms with Crippen LogP contribution in [0.3, 0.4) is 0 Å². The molecule has 0 spiro atoms. The molecule has 8 nitrogen and oxygen atoms in total. The van der Waals surface area contributed by atoms with Crippen molar-refractivity contribution in [3.05, 3.63) is 66.5 Å². The standard InChI is InChI=1S/C18H16N6O2/c19-10-13-8-16(21-11-13)18(26)23-15-3-1-2-14(9-15)22-17(25)4-6-24-7-5-20-12-24/h1-3,5,7-9,11-12,21H,4,6H2,(H,22,25)(H,23,26). The number of aromatic amines is 1. The first-order valence-electron chi connectivity index (χ1n) is 7.89. The lowest BCUT2D eigenvalue weighted by molar-refractivity contribution is -0.116. The molecule has 0 radical (unpaired) electrons. The van der Waals surface area contributed by atoms with Crippen LogP contribution in [0.25, 0.3) is 0 Å². The minimum atomic E-state index is -0.366. The zero-order valence-corrected chi connectivity index (χ0v) is 13.8. The number of hydrogen-bond acceptors (Lipinski definition) is 4. The summed E-state index contributed by atoms with van der Waals surface area (Å²) in [4.78, 5) is 30.9. The molecule has 0 fully saturated rings. The highest BCUT2D eigenvalue weighted by Crippen LogP contribution is 2.16. The summed E-state index contributed by atoms with van der Waals surface area (Å²) in [6.45, 7) is 0.538. The van der Waals surface area contributed by atoms with E-state index in [4.69, 9.17) is 5.26 Å². The molecule has 0 atom stereocenters. The van der Waals surface area contributed by atoms with Gasteiger partial charge >= 0.3 is 0 Å². The molecule has 3 N–H and O–H groups in total. The lowest BCUT2D eigenvalue weighted by Crippen LogP contribution is -2.15. The Bertz CT molecular complexity index is 952. The number of nitrogens with zero attached hydrogens (tertiary/aromatic N) is 3. The summed E-state index contributed by atoms with van der Waals surface area (Å²) in [6.07, 6.45) is 6.88. The normalized spacial score (nSPS) is 10.1. The SMILES string of the molecule is N#Cc1c[nH]c(C(=O)Nc2cccc(NC(=O)CCn3ccnc3)c2)c1. The molecule has 0 unspecified atom stereocenters. The molecular weight excluding hydrogens is 332 g/mol. The molecule has 3 rings (SSSR count). The average molecular weight is 348 g/mol. The van der Waals surface area contributed by atoms with Crippen LogP contribution in [0.2, 0.25) is 0 Å². The first-order valence-corrected chi connectivity index (χ1v) is 7.89. The number of carbonyl (C=O) groups is 2. The van der Waals surface area contributed by atoms with Gasteiger partial charge in [-0.05, 0) is 24.3 Å². The summed E-state index contributed by atoms with van der Waals surface area (Å²) in [7, 11) is 0. The minimum absolute atomic E-state index is 0.134. The highest BCUT2D eigenvalue weighted by atomic mass is 16.2. The van der Waals surface area contributed by atoms with Crippen LogP contribution in [0.5, 0.6) is 0 Å². The second-order valence-corrected chi connectivity index (χ2v) is 5.55. The zero-order chi connectivity index (χ0) is 18.4. The number of H-pyrrole nitrogens is 1. The van der Waals surface area contributed by atoms with E-state index in [1.165, 1.54) is 12.3 Å². The molecular formula is C18H16N6O2. The quantitative estimate of drug-likeness (QED) is 0.634. The van der Waals surface area contributed by atoms with Gasteiger partial charge in [0, 0.05) is 42.9 Å². The van der Waals surface area contributed by atoms with Gasteiger partial charge in [0.05, 0.1) is 11.9 Å². The van der Waals surface area contributed by atoms with Crippen LogP contribution < -0.4 is 10.6 Å². The van der Waals surface area contributed by atoms with Crippen LogP contribution >= 0.6 is 0 Å². The summed E-state index contributed by atoms with van der Waals surface area (Å²) >= 11 is 0. The van der Waals surface area contributed by atoms with Gasteiger partial charge in [0.1, 0.15) is 11.8 Å². The van der Waals surface area contributed by atoms with Gasteiger partial charge in [-0.1, -0.05) is 6.07 Å². The molecule has 0 saturated heterocycles. The Morgan fingerprint density at radius 1 is 1.23 bits per heavy atom. The number of anilines is 2. The van der Waals surface area contributed by atoms with Crippen molar-refractivity contribution in [1.82, 2.24) is 14.5 Å². The van der Waals surface area contributed by atoms with E-state index in [9.17, 15) is 9.59 Å². The van der Waals surface area contributed by atoms with Crippen LogP contribution in [-0.4, -0.2) is 26.3 Å². The monoisotopic (exact) mass is 348 g/mol. The lowest BCUT2D eigenvalue weighted by Gasteiger charge is -2.09. The smallest absolute Gasteiger partial charge is 0.272 e. The molecule has 8 heteroatoms. The second kappa shape index (κ2) is 7.81.